The van der Waals surface area contributed by atoms with Crippen molar-refractivity contribution in [3.63, 3.8) is 0 Å². The Hall–Kier alpha value is -2.84. The molecule has 0 heterocycles. The number of aliphatic carboxylic acids is 1. The van der Waals surface area contributed by atoms with Crippen molar-refractivity contribution in [2.75, 3.05) is 19.0 Å². The van der Waals surface area contributed by atoms with Gasteiger partial charge in [0.1, 0.15) is 5.75 Å². The molecule has 9 nitrogen and oxygen atoms in total. The Bertz CT molecular complexity index is 531. The summed E-state index contributed by atoms with van der Waals surface area (Å²) in [5, 5.41) is 23.8. The SMILES string of the molecule is COc1cc([N+](=O)[O-])ccc1NC(=O)NCCC(=O)O. The number of nitrogens with one attached hydrogen (secondary N) is 2. The van der Waals surface area contributed by atoms with E-state index in [1.807, 2.05) is 0 Å². The first-order chi connectivity index (χ1) is 9.43. The molecule has 0 unspecified atom stereocenters. The van der Waals surface area contributed by atoms with Crippen LogP contribution in [0.3, 0.4) is 0 Å². The molecule has 0 atom stereocenters. The molecule has 3 N–H and O–H groups in total. The van der Waals surface area contributed by atoms with Crippen molar-refractivity contribution in [3.05, 3.63) is 28.3 Å². The maximum absolute atomic E-state index is 11.5. The van der Waals surface area contributed by atoms with Crippen LogP contribution in [0.4, 0.5) is 16.2 Å². The lowest BCUT2D eigenvalue weighted by Gasteiger charge is -2.10. The van der Waals surface area contributed by atoms with Gasteiger partial charge in [0, 0.05) is 12.6 Å². The van der Waals surface area contributed by atoms with Gasteiger partial charge in [-0.3, -0.25) is 14.9 Å². The van der Waals surface area contributed by atoms with Crippen LogP contribution in [0.1, 0.15) is 6.42 Å². The van der Waals surface area contributed by atoms with Crippen LogP contribution in [0.2, 0.25) is 0 Å². The molecule has 108 valence electrons. The zero-order valence-corrected chi connectivity index (χ0v) is 10.6. The lowest BCUT2D eigenvalue weighted by atomic mass is 10.2. The molecule has 20 heavy (non-hydrogen) atoms. The standard InChI is InChI=1S/C11H13N3O6/c1-20-9-6-7(14(18)19)2-3-8(9)13-11(17)12-5-4-10(15)16/h2-3,6H,4-5H2,1H3,(H,15,16)(H2,12,13,17). The average molecular weight is 283 g/mol. The molecule has 0 aliphatic rings. The third-order valence-corrected chi connectivity index (χ3v) is 2.27. The third-order valence-electron chi connectivity index (χ3n) is 2.27. The van der Waals surface area contributed by atoms with E-state index in [0.717, 1.165) is 0 Å². The summed E-state index contributed by atoms with van der Waals surface area (Å²) in [7, 11) is 1.31. The molecular formula is C11H13N3O6. The van der Waals surface area contributed by atoms with E-state index < -0.39 is 16.9 Å². The predicted octanol–water partition coefficient (Wildman–Crippen LogP) is 1.20. The molecule has 1 rings (SSSR count). The number of carboxylic acids is 1. The summed E-state index contributed by atoms with van der Waals surface area (Å²) in [5.41, 5.74) is 0.0737. The van der Waals surface area contributed by atoms with Gasteiger partial charge in [-0.05, 0) is 6.07 Å². The fraction of sp³-hybridized carbons (Fsp3) is 0.273. The molecule has 0 aliphatic carbocycles. The van der Waals surface area contributed by atoms with Crippen molar-refractivity contribution < 1.29 is 24.4 Å². The van der Waals surface area contributed by atoms with E-state index in [2.05, 4.69) is 10.6 Å². The lowest BCUT2D eigenvalue weighted by Crippen LogP contribution is -2.30. The maximum Gasteiger partial charge on any atom is 0.319 e. The van der Waals surface area contributed by atoms with E-state index in [0.29, 0.717) is 0 Å². The molecule has 0 aliphatic heterocycles. The Morgan fingerprint density at radius 3 is 2.70 bits per heavy atom. The monoisotopic (exact) mass is 283 g/mol. The van der Waals surface area contributed by atoms with Crippen LogP contribution in [-0.2, 0) is 4.79 Å². The molecule has 1 aromatic rings. The smallest absolute Gasteiger partial charge is 0.319 e. The number of carbonyl (C=O) groups excluding carboxylic acids is 1. The van der Waals surface area contributed by atoms with Crippen LogP contribution in [0.25, 0.3) is 0 Å². The van der Waals surface area contributed by atoms with Crippen molar-refractivity contribution in [2.24, 2.45) is 0 Å². The Labute approximate surface area is 113 Å². The van der Waals surface area contributed by atoms with Gasteiger partial charge in [0.05, 0.1) is 30.2 Å². The minimum absolute atomic E-state index is 0.0313. The molecule has 0 radical (unpaired) electrons. The van der Waals surface area contributed by atoms with Crippen LogP contribution >= 0.6 is 0 Å². The number of hydrogen-bond acceptors (Lipinski definition) is 5. The van der Waals surface area contributed by atoms with Gasteiger partial charge in [-0.25, -0.2) is 4.79 Å². The van der Waals surface area contributed by atoms with E-state index in [9.17, 15) is 19.7 Å². The Morgan fingerprint density at radius 2 is 2.15 bits per heavy atom. The number of amides is 2. The number of rotatable bonds is 6. The molecule has 0 fully saturated rings. The van der Waals surface area contributed by atoms with Crippen LogP contribution in [-0.4, -0.2) is 35.7 Å². The third kappa shape index (κ3) is 4.44. The number of non-ortho nitro benzene ring substituents is 1. The normalized spacial score (nSPS) is 9.65. The number of nitro groups is 1. The van der Waals surface area contributed by atoms with E-state index in [-0.39, 0.29) is 30.1 Å². The molecule has 0 spiro atoms. The Balaban J connectivity index is 2.69. The fourth-order valence-corrected chi connectivity index (χ4v) is 1.35. The molecule has 2 amide bonds. The highest BCUT2D eigenvalue weighted by Gasteiger charge is 2.13. The second-order valence-electron chi connectivity index (χ2n) is 3.67. The number of nitro benzene ring substituents is 1. The molecule has 0 saturated carbocycles. The van der Waals surface area contributed by atoms with Gasteiger partial charge in [0.15, 0.2) is 0 Å². The van der Waals surface area contributed by atoms with E-state index in [1.165, 1.54) is 25.3 Å². The van der Waals surface area contributed by atoms with Crippen molar-refractivity contribution in [3.8, 4) is 5.75 Å². The molecule has 1 aromatic carbocycles. The van der Waals surface area contributed by atoms with Crippen LogP contribution < -0.4 is 15.4 Å². The predicted molar refractivity (Wildman–Crippen MR) is 68.9 cm³/mol. The number of ether oxygens (including phenoxy) is 1. The zero-order chi connectivity index (χ0) is 15.1. The van der Waals surface area contributed by atoms with Crippen molar-refractivity contribution >= 4 is 23.4 Å². The summed E-state index contributed by atoms with van der Waals surface area (Å²) >= 11 is 0. The van der Waals surface area contributed by atoms with Gasteiger partial charge in [-0.2, -0.15) is 0 Å². The Kier molecular flexibility index (Phi) is 5.27. The van der Waals surface area contributed by atoms with Crippen LogP contribution in [0.5, 0.6) is 5.75 Å². The summed E-state index contributed by atoms with van der Waals surface area (Å²) < 4.78 is 4.94. The van der Waals surface area contributed by atoms with Gasteiger partial charge in [0.25, 0.3) is 5.69 Å². The van der Waals surface area contributed by atoms with E-state index in [1.54, 1.807) is 0 Å². The van der Waals surface area contributed by atoms with Gasteiger partial charge in [-0.1, -0.05) is 0 Å². The van der Waals surface area contributed by atoms with Crippen molar-refractivity contribution in [1.29, 1.82) is 0 Å². The highest BCUT2D eigenvalue weighted by atomic mass is 16.6. The molecule has 0 aromatic heterocycles. The number of methoxy groups -OCH3 is 1. The highest BCUT2D eigenvalue weighted by Crippen LogP contribution is 2.28. The fourth-order valence-electron chi connectivity index (χ4n) is 1.35. The van der Waals surface area contributed by atoms with Gasteiger partial charge < -0.3 is 20.5 Å². The van der Waals surface area contributed by atoms with Crippen LogP contribution in [0.15, 0.2) is 18.2 Å². The first-order valence-corrected chi connectivity index (χ1v) is 5.53. The molecule has 0 bridgehead atoms. The summed E-state index contributed by atoms with van der Waals surface area (Å²) in [6.07, 6.45) is -0.204. The molecular weight excluding hydrogens is 270 g/mol. The first-order valence-electron chi connectivity index (χ1n) is 5.53. The Morgan fingerprint density at radius 1 is 1.45 bits per heavy atom. The maximum atomic E-state index is 11.5. The van der Waals surface area contributed by atoms with Crippen molar-refractivity contribution in [1.82, 2.24) is 5.32 Å². The lowest BCUT2D eigenvalue weighted by molar-refractivity contribution is -0.384. The number of benzene rings is 1. The first kappa shape index (κ1) is 15.2. The molecule has 9 heteroatoms. The second-order valence-corrected chi connectivity index (χ2v) is 3.67. The summed E-state index contributed by atoms with van der Waals surface area (Å²) in [6.45, 7) is -0.0313. The van der Waals surface area contributed by atoms with E-state index in [4.69, 9.17) is 9.84 Å². The topological polar surface area (TPSA) is 131 Å². The summed E-state index contributed by atoms with van der Waals surface area (Å²) in [5.74, 6) is -0.897. The molecule has 0 saturated heterocycles. The van der Waals surface area contributed by atoms with Gasteiger partial charge >= 0.3 is 12.0 Å². The summed E-state index contributed by atoms with van der Waals surface area (Å²) in [6, 6.07) is 3.09. The number of carboxylic acid groups (broad SMARTS) is 1. The minimum Gasteiger partial charge on any atom is -0.494 e. The van der Waals surface area contributed by atoms with Crippen LogP contribution in [0, 0.1) is 10.1 Å². The van der Waals surface area contributed by atoms with Crippen molar-refractivity contribution in [2.45, 2.75) is 6.42 Å². The minimum atomic E-state index is -1.03. The van der Waals surface area contributed by atoms with Gasteiger partial charge in [0.2, 0.25) is 0 Å². The quantitative estimate of drug-likeness (QED) is 0.531. The number of carbonyl (C=O) groups is 2. The number of urea groups is 1. The number of nitrogens with zero attached hydrogens (tertiary/aromatic N) is 1. The number of anilines is 1. The van der Waals surface area contributed by atoms with Gasteiger partial charge in [-0.15, -0.1) is 0 Å². The largest absolute Gasteiger partial charge is 0.494 e. The second kappa shape index (κ2) is 6.92. The summed E-state index contributed by atoms with van der Waals surface area (Å²) in [4.78, 5) is 31.8. The number of hydrogen-bond donors (Lipinski definition) is 3. The highest BCUT2D eigenvalue weighted by molar-refractivity contribution is 5.91. The zero-order valence-electron chi connectivity index (χ0n) is 10.6. The average Bonchev–Trinajstić information content (AvgIpc) is 2.38. The van der Waals surface area contributed by atoms with E-state index >= 15 is 0 Å².